The number of carbonyl (C=O) groups excluding carboxylic acids is 1. The summed E-state index contributed by atoms with van der Waals surface area (Å²) in [6.45, 7) is 7.91. The van der Waals surface area contributed by atoms with Crippen LogP contribution in [-0.2, 0) is 9.53 Å². The van der Waals surface area contributed by atoms with E-state index in [1.165, 1.54) is 0 Å². The molecule has 0 rings (SSSR count). The molecule has 0 aromatic rings. The molecule has 15 heavy (non-hydrogen) atoms. The molecule has 0 bridgehead atoms. The van der Waals surface area contributed by atoms with E-state index in [1.54, 1.807) is 0 Å². The summed E-state index contributed by atoms with van der Waals surface area (Å²) in [7, 11) is 4.07. The van der Waals surface area contributed by atoms with Crippen molar-refractivity contribution in [3.05, 3.63) is 0 Å². The van der Waals surface area contributed by atoms with Crippen LogP contribution in [0, 0.1) is 5.92 Å². The molecule has 0 aromatic carbocycles. The van der Waals surface area contributed by atoms with Gasteiger partial charge in [0.15, 0.2) is 0 Å². The van der Waals surface area contributed by atoms with E-state index in [0.29, 0.717) is 19.2 Å². The molecule has 4 heteroatoms. The number of rotatable bonds is 7. The topological polar surface area (TPSA) is 41.6 Å². The van der Waals surface area contributed by atoms with Crippen molar-refractivity contribution in [2.75, 3.05) is 33.8 Å². The van der Waals surface area contributed by atoms with Crippen molar-refractivity contribution >= 4 is 5.97 Å². The highest BCUT2D eigenvalue weighted by atomic mass is 16.5. The van der Waals surface area contributed by atoms with Crippen LogP contribution in [-0.4, -0.2) is 50.7 Å². The Kier molecular flexibility index (Phi) is 7.34. The van der Waals surface area contributed by atoms with E-state index in [2.05, 4.69) is 17.1 Å². The first-order valence-corrected chi connectivity index (χ1v) is 5.52. The maximum atomic E-state index is 11.3. The second-order valence-electron chi connectivity index (χ2n) is 4.22. The quantitative estimate of drug-likeness (QED) is 0.637. The van der Waals surface area contributed by atoms with E-state index >= 15 is 0 Å². The molecule has 0 heterocycles. The van der Waals surface area contributed by atoms with E-state index < -0.39 is 0 Å². The smallest absolute Gasteiger partial charge is 0.309 e. The van der Waals surface area contributed by atoms with Crippen molar-refractivity contribution in [2.24, 2.45) is 5.92 Å². The standard InChI is InChI=1S/C11H24N2O2/c1-6-15-11(14)9(2)7-12-10(3)8-13(4)5/h9-10,12H,6-8H2,1-5H3. The Morgan fingerprint density at radius 1 is 1.40 bits per heavy atom. The summed E-state index contributed by atoms with van der Waals surface area (Å²) in [4.78, 5) is 13.4. The third-order valence-corrected chi connectivity index (χ3v) is 2.10. The number of hydrogen-bond donors (Lipinski definition) is 1. The van der Waals surface area contributed by atoms with Gasteiger partial charge in [-0.1, -0.05) is 6.92 Å². The summed E-state index contributed by atoms with van der Waals surface area (Å²) < 4.78 is 4.93. The van der Waals surface area contributed by atoms with Crippen LogP contribution in [0.15, 0.2) is 0 Å². The minimum absolute atomic E-state index is 0.0745. The molecule has 0 saturated heterocycles. The highest BCUT2D eigenvalue weighted by molar-refractivity contribution is 5.72. The van der Waals surface area contributed by atoms with Gasteiger partial charge in [0.2, 0.25) is 0 Å². The number of carbonyl (C=O) groups is 1. The third-order valence-electron chi connectivity index (χ3n) is 2.10. The lowest BCUT2D eigenvalue weighted by Crippen LogP contribution is -2.39. The van der Waals surface area contributed by atoms with Crippen LogP contribution in [0.5, 0.6) is 0 Å². The third kappa shape index (κ3) is 7.33. The zero-order valence-corrected chi connectivity index (χ0v) is 10.5. The Morgan fingerprint density at radius 3 is 2.47 bits per heavy atom. The normalized spacial score (nSPS) is 15.1. The fraction of sp³-hybridized carbons (Fsp3) is 0.909. The first kappa shape index (κ1) is 14.4. The molecule has 0 amide bonds. The first-order valence-electron chi connectivity index (χ1n) is 5.52. The zero-order chi connectivity index (χ0) is 11.8. The van der Waals surface area contributed by atoms with E-state index in [4.69, 9.17) is 4.74 Å². The molecule has 2 atom stereocenters. The van der Waals surface area contributed by atoms with Crippen LogP contribution >= 0.6 is 0 Å². The van der Waals surface area contributed by atoms with Gasteiger partial charge in [-0.15, -0.1) is 0 Å². The van der Waals surface area contributed by atoms with Crippen LogP contribution in [0.3, 0.4) is 0 Å². The minimum Gasteiger partial charge on any atom is -0.466 e. The van der Waals surface area contributed by atoms with Gasteiger partial charge in [0, 0.05) is 19.1 Å². The van der Waals surface area contributed by atoms with Crippen LogP contribution in [0.2, 0.25) is 0 Å². The minimum atomic E-state index is -0.123. The Hall–Kier alpha value is -0.610. The molecule has 0 radical (unpaired) electrons. The summed E-state index contributed by atoms with van der Waals surface area (Å²) in [5.41, 5.74) is 0. The molecule has 0 fully saturated rings. The van der Waals surface area contributed by atoms with Gasteiger partial charge in [-0.05, 0) is 27.9 Å². The summed E-state index contributed by atoms with van der Waals surface area (Å²) in [6, 6.07) is 0.386. The van der Waals surface area contributed by atoms with Gasteiger partial charge in [0.25, 0.3) is 0 Å². The van der Waals surface area contributed by atoms with Crippen molar-refractivity contribution in [1.82, 2.24) is 10.2 Å². The summed E-state index contributed by atoms with van der Waals surface area (Å²) in [6.07, 6.45) is 0. The fourth-order valence-corrected chi connectivity index (χ4v) is 1.36. The zero-order valence-electron chi connectivity index (χ0n) is 10.5. The molecule has 2 unspecified atom stereocenters. The summed E-state index contributed by atoms with van der Waals surface area (Å²) >= 11 is 0. The van der Waals surface area contributed by atoms with Crippen molar-refractivity contribution in [2.45, 2.75) is 26.8 Å². The van der Waals surface area contributed by atoms with Gasteiger partial charge in [-0.2, -0.15) is 0 Å². The molecular weight excluding hydrogens is 192 g/mol. The molecule has 4 nitrogen and oxygen atoms in total. The maximum Gasteiger partial charge on any atom is 0.309 e. The predicted molar refractivity (Wildman–Crippen MR) is 61.8 cm³/mol. The highest BCUT2D eigenvalue weighted by Crippen LogP contribution is 1.97. The lowest BCUT2D eigenvalue weighted by atomic mass is 10.1. The van der Waals surface area contributed by atoms with Crippen molar-refractivity contribution in [1.29, 1.82) is 0 Å². The molecule has 90 valence electrons. The number of nitrogens with one attached hydrogen (secondary N) is 1. The molecule has 0 aliphatic rings. The van der Waals surface area contributed by atoms with Crippen LogP contribution in [0.4, 0.5) is 0 Å². The Labute approximate surface area is 93.0 Å². The second-order valence-corrected chi connectivity index (χ2v) is 4.22. The van der Waals surface area contributed by atoms with E-state index in [0.717, 1.165) is 6.54 Å². The van der Waals surface area contributed by atoms with Gasteiger partial charge in [-0.25, -0.2) is 0 Å². The molecule has 1 N–H and O–H groups in total. The average molecular weight is 216 g/mol. The second kappa shape index (κ2) is 7.65. The largest absolute Gasteiger partial charge is 0.466 e. The van der Waals surface area contributed by atoms with E-state index in [-0.39, 0.29) is 11.9 Å². The lowest BCUT2D eigenvalue weighted by molar-refractivity contribution is -0.147. The van der Waals surface area contributed by atoms with E-state index in [9.17, 15) is 4.79 Å². The summed E-state index contributed by atoms with van der Waals surface area (Å²) in [5, 5.41) is 3.31. The SMILES string of the molecule is CCOC(=O)C(C)CNC(C)CN(C)C. The summed E-state index contributed by atoms with van der Waals surface area (Å²) in [5.74, 6) is -0.198. The molecule has 0 aliphatic heterocycles. The van der Waals surface area contributed by atoms with Gasteiger partial charge in [0.05, 0.1) is 12.5 Å². The van der Waals surface area contributed by atoms with Crippen LogP contribution < -0.4 is 5.32 Å². The average Bonchev–Trinajstić information content (AvgIpc) is 2.13. The molecule has 0 saturated carbocycles. The molecule has 0 spiro atoms. The molecule has 0 aliphatic carbocycles. The van der Waals surface area contributed by atoms with Gasteiger partial charge in [-0.3, -0.25) is 4.79 Å². The Morgan fingerprint density at radius 2 is 2.00 bits per heavy atom. The fourth-order valence-electron chi connectivity index (χ4n) is 1.36. The van der Waals surface area contributed by atoms with Crippen molar-refractivity contribution in [3.8, 4) is 0 Å². The van der Waals surface area contributed by atoms with Gasteiger partial charge < -0.3 is 15.0 Å². The van der Waals surface area contributed by atoms with E-state index in [1.807, 2.05) is 27.9 Å². The molecule has 0 aromatic heterocycles. The van der Waals surface area contributed by atoms with Crippen LogP contribution in [0.1, 0.15) is 20.8 Å². The number of likely N-dealkylation sites (N-methyl/N-ethyl adjacent to an activating group) is 1. The number of nitrogens with zero attached hydrogens (tertiary/aromatic N) is 1. The first-order chi connectivity index (χ1) is 6.97. The molecular formula is C11H24N2O2. The monoisotopic (exact) mass is 216 g/mol. The number of esters is 1. The van der Waals surface area contributed by atoms with Crippen molar-refractivity contribution in [3.63, 3.8) is 0 Å². The highest BCUT2D eigenvalue weighted by Gasteiger charge is 2.14. The predicted octanol–water partition coefficient (Wildman–Crippen LogP) is 0.725. The Bertz CT molecular complexity index is 183. The van der Waals surface area contributed by atoms with Crippen LogP contribution in [0.25, 0.3) is 0 Å². The van der Waals surface area contributed by atoms with Crippen molar-refractivity contribution < 1.29 is 9.53 Å². The Balaban J connectivity index is 3.69. The number of hydrogen-bond acceptors (Lipinski definition) is 4. The number of ether oxygens (including phenoxy) is 1. The maximum absolute atomic E-state index is 11.3. The van der Waals surface area contributed by atoms with Gasteiger partial charge in [0.1, 0.15) is 0 Å². The lowest BCUT2D eigenvalue weighted by Gasteiger charge is -2.20. The van der Waals surface area contributed by atoms with Gasteiger partial charge >= 0.3 is 5.97 Å².